The Morgan fingerprint density at radius 2 is 0.618 bits per heavy atom. The summed E-state index contributed by atoms with van der Waals surface area (Å²) < 4.78 is 53.5. The molecule has 0 aromatic carbocycles. The number of aliphatic hydroxyl groups excluding tert-OH is 3. The average Bonchev–Trinajstić information content (AvgIpc) is 0.874. The van der Waals surface area contributed by atoms with Crippen molar-refractivity contribution < 1.29 is 91.5 Å². The van der Waals surface area contributed by atoms with Gasteiger partial charge in [-0.2, -0.15) is 0 Å². The Morgan fingerprint density at radius 3 is 0.845 bits per heavy atom. The van der Waals surface area contributed by atoms with E-state index in [1.54, 1.807) is 34.6 Å². The van der Waals surface area contributed by atoms with Crippen molar-refractivity contribution in [2.45, 2.75) is 244 Å². The molecule has 0 radical (unpaired) electrons. The summed E-state index contributed by atoms with van der Waals surface area (Å²) in [6.07, 6.45) is 9.63. The van der Waals surface area contributed by atoms with Crippen LogP contribution in [-0.4, -0.2) is 376 Å². The summed E-state index contributed by atoms with van der Waals surface area (Å²) in [6.45, 7) is 52.4. The minimum atomic E-state index is -0.745. The second-order valence-corrected chi connectivity index (χ2v) is 35.7. The van der Waals surface area contributed by atoms with Crippen molar-refractivity contribution in [3.63, 3.8) is 0 Å². The van der Waals surface area contributed by atoms with Crippen LogP contribution in [0.2, 0.25) is 0 Å². The Bertz CT molecular complexity index is 2220. The number of hydrogen-bond donors (Lipinski definition) is 4. The largest absolute Gasteiger partial charge is 0.461 e. The van der Waals surface area contributed by atoms with Gasteiger partial charge >= 0.3 is 29.8 Å². The third-order valence-corrected chi connectivity index (χ3v) is 20.4. The summed E-state index contributed by atoms with van der Waals surface area (Å²) in [5.41, 5.74) is 5.45. The summed E-state index contributed by atoms with van der Waals surface area (Å²) in [4.78, 5) is 89.9. The van der Waals surface area contributed by atoms with Crippen LogP contribution in [0.15, 0.2) is 0 Å². The maximum atomic E-state index is 12.4. The maximum Gasteiger partial charge on any atom is 0.322 e. The van der Waals surface area contributed by atoms with Crippen molar-refractivity contribution in [3.8, 4) is 0 Å². The highest BCUT2D eigenvalue weighted by molar-refractivity contribution is 9.20. The van der Waals surface area contributed by atoms with Gasteiger partial charge in [-0.05, 0) is 209 Å². The highest BCUT2D eigenvalue weighted by Crippen LogP contribution is 2.21. The van der Waals surface area contributed by atoms with Crippen molar-refractivity contribution in [1.29, 1.82) is 0 Å². The molecule has 0 aliphatic carbocycles. The number of carbonyl (C=O) groups excluding carboxylic acids is 6. The zero-order valence-corrected chi connectivity index (χ0v) is 74.9. The Hall–Kier alpha value is -2.22. The molecule has 0 spiro atoms. The normalized spacial score (nSPS) is 18.7. The molecule has 5 heterocycles. The van der Waals surface area contributed by atoms with E-state index in [1.807, 2.05) is 48.5 Å². The highest BCUT2D eigenvalue weighted by Gasteiger charge is 2.29. The van der Waals surface area contributed by atoms with Gasteiger partial charge in [0.05, 0.1) is 88.7 Å². The third-order valence-electron chi connectivity index (χ3n) is 18.2. The first-order chi connectivity index (χ1) is 52.2. The number of hydrogen-bond acceptors (Lipinski definition) is 28. The molecule has 0 bridgehead atoms. The first kappa shape index (κ1) is 106. The fourth-order valence-corrected chi connectivity index (χ4v) is 12.6. The second-order valence-electron chi connectivity index (χ2n) is 31.0. The van der Waals surface area contributed by atoms with Gasteiger partial charge in [-0.1, -0.05) is 45.2 Å². The lowest BCUT2D eigenvalue weighted by Gasteiger charge is -2.29. The fraction of sp³-hybridized carbons (Fsp3) is 0.924. The van der Waals surface area contributed by atoms with E-state index < -0.39 is 14.8 Å². The molecule has 28 nitrogen and oxygen atoms in total. The van der Waals surface area contributed by atoms with E-state index in [9.17, 15) is 39.0 Å². The summed E-state index contributed by atoms with van der Waals surface area (Å²) in [6, 6.07) is 0. The number of unbranched alkanes of at least 4 members (excludes halogenated alkanes) is 5. The number of esters is 5. The molecular formula is C79H152Br3N9O19. The van der Waals surface area contributed by atoms with Crippen LogP contribution >= 0.6 is 47.8 Å². The Kier molecular flexibility index (Phi) is 62.3. The lowest BCUT2D eigenvalue weighted by atomic mass is 10.2. The summed E-state index contributed by atoms with van der Waals surface area (Å²) >= 11 is 9.32. The molecule has 0 saturated carbocycles. The summed E-state index contributed by atoms with van der Waals surface area (Å²) in [7, 11) is 0. The number of nitrogens with zero attached hydrogens (tertiary/aromatic N) is 8. The molecule has 0 aromatic heterocycles. The minimum absolute atomic E-state index is 0.0278. The van der Waals surface area contributed by atoms with Gasteiger partial charge < -0.3 is 78.2 Å². The van der Waals surface area contributed by atoms with Crippen molar-refractivity contribution in [1.82, 2.24) is 39.2 Å². The minimum Gasteiger partial charge on any atom is -0.461 e. The van der Waals surface area contributed by atoms with Crippen LogP contribution in [0.4, 0.5) is 0 Å². The standard InChI is InChI=1S/C31H56BrN3O8.C27H51N3O7.C10H24N2O.C7H15NO2.C4H6Br2O/c1-25(22-34-14-18-39-19-15-34)41-28(36)10-6-8-12-33(24-27(3)43-30(38)31(4,5)32)13-9-7-11-29(37)42-26(2)23-35-16-20-40-21-17-35;1-23(31)20-28(10-6-4-8-26(32)36-24(2)21-29-12-16-34-17-13-29)11-7-5-9-27(33)37-25(3)22-30-14-18-35-19-15-30;1-3-4-7-12(8-5-6-11)9-10(2)13;1-7(9)6-8-2-4-10-5-3-8;1-4(2,6)3(5)7/h25-27H,6-24H2,1-5H3;23-25,31H,4-22H2,1-3H3;10,13H,3-9,11H2,1-2H3;7,9H,2-6H2,1H3;1-2H3. The van der Waals surface area contributed by atoms with Gasteiger partial charge in [0.25, 0.3) is 0 Å². The van der Waals surface area contributed by atoms with E-state index in [2.05, 4.69) is 93.9 Å². The Morgan fingerprint density at radius 1 is 0.373 bits per heavy atom. The van der Waals surface area contributed by atoms with Gasteiger partial charge in [0, 0.05) is 143 Å². The van der Waals surface area contributed by atoms with Crippen molar-refractivity contribution >= 4 is 82.3 Å². The van der Waals surface area contributed by atoms with E-state index in [0.717, 1.165) is 274 Å². The molecule has 8 atom stereocenters. The second kappa shape index (κ2) is 64.8. The van der Waals surface area contributed by atoms with E-state index >= 15 is 0 Å². The molecule has 0 amide bonds. The fourth-order valence-electron chi connectivity index (χ4n) is 12.5. The van der Waals surface area contributed by atoms with Gasteiger partial charge in [-0.15, -0.1) is 0 Å². The zero-order valence-electron chi connectivity index (χ0n) is 70.1. The molecule has 5 aliphatic rings. The van der Waals surface area contributed by atoms with E-state index in [4.69, 9.17) is 58.2 Å². The van der Waals surface area contributed by atoms with Crippen LogP contribution in [0.3, 0.4) is 0 Å². The molecule has 5 rings (SSSR count). The Balaban J connectivity index is 0.000000803. The smallest absolute Gasteiger partial charge is 0.322 e. The van der Waals surface area contributed by atoms with E-state index in [1.165, 1.54) is 12.8 Å². The Labute approximate surface area is 688 Å². The quantitative estimate of drug-likeness (QED) is 0.0152. The number of nitrogens with two attached hydrogens (primary N) is 1. The first-order valence-electron chi connectivity index (χ1n) is 41.2. The lowest BCUT2D eigenvalue weighted by Crippen LogP contribution is -2.41. The van der Waals surface area contributed by atoms with E-state index in [0.29, 0.717) is 38.8 Å². The molecule has 5 saturated heterocycles. The predicted octanol–water partition coefficient (Wildman–Crippen LogP) is 7.40. The molecule has 0 aromatic rings. The van der Waals surface area contributed by atoms with Crippen molar-refractivity contribution in [3.05, 3.63) is 0 Å². The van der Waals surface area contributed by atoms with Gasteiger partial charge in [-0.3, -0.25) is 58.2 Å². The number of aliphatic hydroxyl groups is 3. The molecule has 110 heavy (non-hydrogen) atoms. The number of ether oxygens (including phenoxy) is 10. The zero-order chi connectivity index (χ0) is 82.1. The van der Waals surface area contributed by atoms with E-state index in [-0.39, 0.29) is 77.3 Å². The highest BCUT2D eigenvalue weighted by atomic mass is 79.9. The molecule has 5 aliphatic heterocycles. The first-order valence-corrected chi connectivity index (χ1v) is 43.5. The van der Waals surface area contributed by atoms with Crippen LogP contribution in [0.5, 0.6) is 0 Å². The van der Waals surface area contributed by atoms with Crippen LogP contribution in [0.1, 0.15) is 186 Å². The average molecular weight is 1770 g/mol. The lowest BCUT2D eigenvalue weighted by molar-refractivity contribution is -0.151. The van der Waals surface area contributed by atoms with Crippen LogP contribution in [0.25, 0.3) is 0 Å². The summed E-state index contributed by atoms with van der Waals surface area (Å²) in [5, 5.41) is 28.1. The van der Waals surface area contributed by atoms with Gasteiger partial charge in [0.2, 0.25) is 4.69 Å². The summed E-state index contributed by atoms with van der Waals surface area (Å²) in [5.74, 6) is -0.942. The SMILES string of the molecule is CC(C)(Br)C(=O)Br.CC(CN1CCOCC1)OC(=O)CCCCN(CCCCC(=O)OC(C)CN1CCOCC1)CC(C)OC(=O)C(C)(C)Br.CC(O)CN(CCCCC(=O)OC(C)CN1CCOCC1)CCCCC(=O)OC(C)CN1CCOCC1.CC(O)CN1CCOCC1.CCCCN(CCCN)CC(C)O. The molecule has 5 fully saturated rings. The van der Waals surface area contributed by atoms with Gasteiger partial charge in [-0.25, -0.2) is 0 Å². The monoisotopic (exact) mass is 1770 g/mol. The number of β-amino-alcohol motifs (C(OH)–C–C–N with tert-alkyl or cyclic N) is 1. The maximum absolute atomic E-state index is 12.4. The van der Waals surface area contributed by atoms with Crippen molar-refractivity contribution in [2.75, 3.05) is 230 Å². The van der Waals surface area contributed by atoms with Crippen LogP contribution in [-0.2, 0) is 76.1 Å². The van der Waals surface area contributed by atoms with Crippen LogP contribution < -0.4 is 5.73 Å². The van der Waals surface area contributed by atoms with Gasteiger partial charge in [0.1, 0.15) is 34.8 Å². The number of alkyl halides is 2. The molecule has 8 unspecified atom stereocenters. The third kappa shape index (κ3) is 61.2. The molecular weight excluding hydrogens is 1620 g/mol. The number of halogens is 3. The van der Waals surface area contributed by atoms with Crippen molar-refractivity contribution in [2.24, 2.45) is 5.73 Å². The molecule has 648 valence electrons. The number of morpholine rings is 5. The molecule has 31 heteroatoms. The number of rotatable bonds is 49. The van der Waals surface area contributed by atoms with Gasteiger partial charge in [0.15, 0.2) is 0 Å². The van der Waals surface area contributed by atoms with Crippen LogP contribution in [0, 0.1) is 0 Å². The number of carbonyl (C=O) groups is 6. The predicted molar refractivity (Wildman–Crippen MR) is 442 cm³/mol. The topological polar surface area (TPSA) is 307 Å². The molecule has 5 N–H and O–H groups in total.